The van der Waals surface area contributed by atoms with Crippen molar-refractivity contribution in [2.45, 2.75) is 6.42 Å². The first-order valence-electron chi connectivity index (χ1n) is 5.93. The second-order valence-electron chi connectivity index (χ2n) is 4.55. The predicted molar refractivity (Wildman–Crippen MR) is 73.8 cm³/mol. The van der Waals surface area contributed by atoms with Gasteiger partial charge in [0.2, 0.25) is 5.91 Å². The van der Waals surface area contributed by atoms with E-state index in [9.17, 15) is 18.0 Å². The van der Waals surface area contributed by atoms with E-state index in [4.69, 9.17) is 11.6 Å². The first-order chi connectivity index (χ1) is 9.37. The van der Waals surface area contributed by atoms with Crippen molar-refractivity contribution < 1.29 is 18.0 Å². The first kappa shape index (κ1) is 14.8. The van der Waals surface area contributed by atoms with E-state index in [-0.39, 0.29) is 17.9 Å². The molecule has 1 heterocycles. The molecular weight excluding hydrogens is 304 g/mol. The highest BCUT2D eigenvalue weighted by molar-refractivity contribution is 7.91. The third-order valence-corrected chi connectivity index (χ3v) is 5.03. The molecule has 2 rings (SSSR count). The number of hydrazine groups is 1. The summed E-state index contributed by atoms with van der Waals surface area (Å²) in [6.45, 7) is 0. The van der Waals surface area contributed by atoms with Crippen molar-refractivity contribution in [1.29, 1.82) is 0 Å². The molecule has 0 radical (unpaired) electrons. The standard InChI is InChI=1S/C12H13ClN2O4S/c13-10-3-1-8(2-4-10)11(16)14-15-12(17)9-5-6-20(18,19)7-9/h1-4,9H,5-7H2,(H,14,16)(H,15,17). The maximum Gasteiger partial charge on any atom is 0.269 e. The Kier molecular flexibility index (Phi) is 4.29. The van der Waals surface area contributed by atoms with Gasteiger partial charge in [0.15, 0.2) is 9.84 Å². The van der Waals surface area contributed by atoms with Gasteiger partial charge in [0, 0.05) is 10.6 Å². The topological polar surface area (TPSA) is 92.3 Å². The van der Waals surface area contributed by atoms with E-state index in [1.165, 1.54) is 12.1 Å². The summed E-state index contributed by atoms with van der Waals surface area (Å²) in [5, 5.41) is 0.502. The quantitative estimate of drug-likeness (QED) is 0.779. The Morgan fingerprint density at radius 1 is 1.15 bits per heavy atom. The highest BCUT2D eigenvalue weighted by Crippen LogP contribution is 2.18. The van der Waals surface area contributed by atoms with Crippen LogP contribution in [0, 0.1) is 5.92 Å². The van der Waals surface area contributed by atoms with Gasteiger partial charge in [-0.15, -0.1) is 0 Å². The van der Waals surface area contributed by atoms with Gasteiger partial charge in [-0.2, -0.15) is 0 Å². The molecule has 0 aromatic heterocycles. The Morgan fingerprint density at radius 2 is 1.80 bits per heavy atom. The summed E-state index contributed by atoms with van der Waals surface area (Å²) in [6, 6.07) is 6.15. The van der Waals surface area contributed by atoms with Crippen molar-refractivity contribution in [3.63, 3.8) is 0 Å². The maximum absolute atomic E-state index is 11.7. The fourth-order valence-corrected chi connectivity index (χ4v) is 3.76. The van der Waals surface area contributed by atoms with Crippen molar-refractivity contribution >= 4 is 33.3 Å². The molecule has 1 atom stereocenters. The maximum atomic E-state index is 11.7. The molecule has 0 saturated carbocycles. The smallest absolute Gasteiger partial charge is 0.269 e. The van der Waals surface area contributed by atoms with Crippen LogP contribution in [-0.4, -0.2) is 31.7 Å². The fraction of sp³-hybridized carbons (Fsp3) is 0.333. The largest absolute Gasteiger partial charge is 0.273 e. The summed E-state index contributed by atoms with van der Waals surface area (Å²) in [6.07, 6.45) is 0.283. The minimum atomic E-state index is -3.12. The molecule has 1 aromatic carbocycles. The van der Waals surface area contributed by atoms with Gasteiger partial charge >= 0.3 is 0 Å². The van der Waals surface area contributed by atoms with Crippen LogP contribution in [0.25, 0.3) is 0 Å². The Balaban J connectivity index is 1.87. The number of carbonyl (C=O) groups excluding carboxylic acids is 2. The van der Waals surface area contributed by atoms with Crippen LogP contribution < -0.4 is 10.9 Å². The fourth-order valence-electron chi connectivity index (χ4n) is 1.90. The molecule has 1 saturated heterocycles. The highest BCUT2D eigenvalue weighted by atomic mass is 35.5. The van der Waals surface area contributed by atoms with Crippen molar-refractivity contribution in [1.82, 2.24) is 10.9 Å². The summed E-state index contributed by atoms with van der Waals surface area (Å²) in [4.78, 5) is 23.4. The first-order valence-corrected chi connectivity index (χ1v) is 8.13. The number of carbonyl (C=O) groups is 2. The molecule has 1 unspecified atom stereocenters. The number of rotatable bonds is 2. The molecular formula is C12H13ClN2O4S. The zero-order valence-electron chi connectivity index (χ0n) is 10.4. The Labute approximate surface area is 121 Å². The Hall–Kier alpha value is -1.60. The second kappa shape index (κ2) is 5.80. The zero-order chi connectivity index (χ0) is 14.8. The average molecular weight is 317 g/mol. The van der Waals surface area contributed by atoms with E-state index in [2.05, 4.69) is 10.9 Å². The SMILES string of the molecule is O=C(NNC(=O)C1CCS(=O)(=O)C1)c1ccc(Cl)cc1. The van der Waals surface area contributed by atoms with Crippen molar-refractivity contribution in [3.05, 3.63) is 34.9 Å². The molecule has 1 fully saturated rings. The van der Waals surface area contributed by atoms with Gasteiger partial charge in [0.25, 0.3) is 5.91 Å². The van der Waals surface area contributed by atoms with Gasteiger partial charge < -0.3 is 0 Å². The molecule has 1 aliphatic heterocycles. The van der Waals surface area contributed by atoms with Gasteiger partial charge in [-0.3, -0.25) is 20.4 Å². The number of hydrogen-bond acceptors (Lipinski definition) is 4. The van der Waals surface area contributed by atoms with Gasteiger partial charge in [-0.05, 0) is 30.7 Å². The normalized spacial score (nSPS) is 20.4. The van der Waals surface area contributed by atoms with Crippen LogP contribution in [0.1, 0.15) is 16.8 Å². The molecule has 6 nitrogen and oxygen atoms in total. The Morgan fingerprint density at radius 3 is 2.35 bits per heavy atom. The minimum absolute atomic E-state index is 0.0101. The lowest BCUT2D eigenvalue weighted by Gasteiger charge is -2.10. The van der Waals surface area contributed by atoms with Crippen LogP contribution in [-0.2, 0) is 14.6 Å². The van der Waals surface area contributed by atoms with Crippen LogP contribution in [0.15, 0.2) is 24.3 Å². The molecule has 0 spiro atoms. The molecule has 0 bridgehead atoms. The molecule has 20 heavy (non-hydrogen) atoms. The van der Waals surface area contributed by atoms with E-state index in [1.54, 1.807) is 12.1 Å². The molecule has 1 aliphatic rings. The lowest BCUT2D eigenvalue weighted by Crippen LogP contribution is -2.44. The van der Waals surface area contributed by atoms with Crippen molar-refractivity contribution in [2.24, 2.45) is 5.92 Å². The number of sulfone groups is 1. The van der Waals surface area contributed by atoms with Crippen LogP contribution in [0.2, 0.25) is 5.02 Å². The third kappa shape index (κ3) is 3.71. The van der Waals surface area contributed by atoms with Gasteiger partial charge in [-0.1, -0.05) is 11.6 Å². The third-order valence-electron chi connectivity index (χ3n) is 3.01. The average Bonchev–Trinajstić information content (AvgIpc) is 2.77. The Bertz CT molecular complexity index is 627. The van der Waals surface area contributed by atoms with Crippen LogP contribution in [0.3, 0.4) is 0 Å². The number of hydrogen-bond donors (Lipinski definition) is 2. The van der Waals surface area contributed by atoms with E-state index in [1.807, 2.05) is 0 Å². The molecule has 2 amide bonds. The number of benzene rings is 1. The lowest BCUT2D eigenvalue weighted by molar-refractivity contribution is -0.125. The predicted octanol–water partition coefficient (Wildman–Crippen LogP) is 0.536. The van der Waals surface area contributed by atoms with Gasteiger partial charge in [-0.25, -0.2) is 8.42 Å². The highest BCUT2D eigenvalue weighted by Gasteiger charge is 2.33. The van der Waals surface area contributed by atoms with E-state index >= 15 is 0 Å². The molecule has 1 aromatic rings. The monoisotopic (exact) mass is 316 g/mol. The van der Waals surface area contributed by atoms with E-state index < -0.39 is 27.6 Å². The number of nitrogens with one attached hydrogen (secondary N) is 2. The zero-order valence-corrected chi connectivity index (χ0v) is 12.0. The molecule has 108 valence electrons. The number of halogens is 1. The molecule has 8 heteroatoms. The second-order valence-corrected chi connectivity index (χ2v) is 7.22. The lowest BCUT2D eigenvalue weighted by atomic mass is 10.1. The molecule has 2 N–H and O–H groups in total. The molecule has 0 aliphatic carbocycles. The van der Waals surface area contributed by atoms with Gasteiger partial charge in [0.1, 0.15) is 0 Å². The van der Waals surface area contributed by atoms with Crippen LogP contribution in [0.4, 0.5) is 0 Å². The minimum Gasteiger partial charge on any atom is -0.273 e. The van der Waals surface area contributed by atoms with Crippen molar-refractivity contribution in [2.75, 3.05) is 11.5 Å². The van der Waals surface area contributed by atoms with Gasteiger partial charge in [0.05, 0.1) is 17.4 Å². The summed E-state index contributed by atoms with van der Waals surface area (Å²) < 4.78 is 22.5. The summed E-state index contributed by atoms with van der Waals surface area (Å²) >= 11 is 5.70. The number of amides is 2. The van der Waals surface area contributed by atoms with Crippen LogP contribution in [0.5, 0.6) is 0 Å². The summed E-state index contributed by atoms with van der Waals surface area (Å²) in [5.41, 5.74) is 4.83. The van der Waals surface area contributed by atoms with Crippen LogP contribution >= 0.6 is 11.6 Å². The van der Waals surface area contributed by atoms with Crippen molar-refractivity contribution in [3.8, 4) is 0 Å². The van der Waals surface area contributed by atoms with E-state index in [0.29, 0.717) is 10.6 Å². The summed E-state index contributed by atoms with van der Waals surface area (Å²) in [5.74, 6) is -1.75. The summed E-state index contributed by atoms with van der Waals surface area (Å²) in [7, 11) is -3.12. The van der Waals surface area contributed by atoms with E-state index in [0.717, 1.165) is 0 Å².